The Bertz CT molecular complexity index is 841. The van der Waals surface area contributed by atoms with E-state index >= 15 is 0 Å². The predicted molar refractivity (Wildman–Crippen MR) is 87.9 cm³/mol. The molecule has 6 nitrogen and oxygen atoms in total. The maximum atomic E-state index is 13.6. The number of esters is 1. The minimum Gasteiger partial charge on any atom is -0.465 e. The number of rotatable bonds is 4. The zero-order chi connectivity index (χ0) is 18.0. The number of benzene rings is 1. The van der Waals surface area contributed by atoms with Crippen molar-refractivity contribution in [2.45, 2.75) is 25.5 Å². The molecule has 1 aromatic carbocycles. The standard InChI is InChI=1S/C18H18FNO5/c1-3-24-18(22)25-13-6-5-12(9-13)20-10-15(17(21)23-2)14-8-11(19)4-7-16(14)20/h4-8,10,12-13H,3,9H2,1-2H3/t12-,13+/m0/s1. The van der Waals surface area contributed by atoms with Crippen LogP contribution in [0.4, 0.5) is 9.18 Å². The Morgan fingerprint density at radius 1 is 1.32 bits per heavy atom. The lowest BCUT2D eigenvalue weighted by Gasteiger charge is -2.15. The Morgan fingerprint density at radius 2 is 2.12 bits per heavy atom. The summed E-state index contributed by atoms with van der Waals surface area (Å²) >= 11 is 0. The fourth-order valence-corrected chi connectivity index (χ4v) is 2.99. The number of hydrogen-bond donors (Lipinski definition) is 0. The molecule has 3 rings (SSSR count). The Hall–Kier alpha value is -2.83. The van der Waals surface area contributed by atoms with Crippen LogP contribution in [0.25, 0.3) is 10.9 Å². The summed E-state index contributed by atoms with van der Waals surface area (Å²) in [5.41, 5.74) is 0.994. The van der Waals surface area contributed by atoms with Crippen LogP contribution in [0.3, 0.4) is 0 Å². The van der Waals surface area contributed by atoms with Gasteiger partial charge in [0.05, 0.1) is 25.3 Å². The molecule has 0 amide bonds. The fourth-order valence-electron chi connectivity index (χ4n) is 2.99. The summed E-state index contributed by atoms with van der Waals surface area (Å²) in [5, 5.41) is 0.481. The SMILES string of the molecule is CCOC(=O)O[C@@H]1C=C[C@H](n2cc(C(=O)OC)c3cc(F)ccc32)C1. The molecule has 1 aliphatic carbocycles. The van der Waals surface area contributed by atoms with E-state index in [1.807, 2.05) is 10.6 Å². The van der Waals surface area contributed by atoms with Gasteiger partial charge in [-0.3, -0.25) is 0 Å². The average molecular weight is 347 g/mol. The molecule has 0 aliphatic heterocycles. The van der Waals surface area contributed by atoms with Crippen molar-refractivity contribution >= 4 is 23.0 Å². The molecule has 132 valence electrons. The maximum Gasteiger partial charge on any atom is 0.508 e. The van der Waals surface area contributed by atoms with Gasteiger partial charge in [0.1, 0.15) is 11.9 Å². The number of hydrogen-bond acceptors (Lipinski definition) is 5. The summed E-state index contributed by atoms with van der Waals surface area (Å²) in [7, 11) is 1.28. The van der Waals surface area contributed by atoms with Gasteiger partial charge in [-0.1, -0.05) is 6.08 Å². The van der Waals surface area contributed by atoms with E-state index in [2.05, 4.69) is 0 Å². The van der Waals surface area contributed by atoms with Crippen LogP contribution in [-0.2, 0) is 14.2 Å². The molecule has 1 aliphatic rings. The smallest absolute Gasteiger partial charge is 0.465 e. The van der Waals surface area contributed by atoms with E-state index in [9.17, 15) is 14.0 Å². The lowest BCUT2D eigenvalue weighted by Crippen LogP contribution is -2.17. The van der Waals surface area contributed by atoms with Crippen LogP contribution >= 0.6 is 0 Å². The van der Waals surface area contributed by atoms with Crippen molar-refractivity contribution in [3.8, 4) is 0 Å². The lowest BCUT2D eigenvalue weighted by molar-refractivity contribution is 0.0387. The first kappa shape index (κ1) is 17.0. The second kappa shape index (κ2) is 6.96. The van der Waals surface area contributed by atoms with E-state index < -0.39 is 24.0 Å². The number of nitrogens with zero attached hydrogens (tertiary/aromatic N) is 1. The summed E-state index contributed by atoms with van der Waals surface area (Å²) in [4.78, 5) is 23.4. The van der Waals surface area contributed by atoms with Crippen molar-refractivity contribution in [1.29, 1.82) is 0 Å². The molecule has 0 saturated heterocycles. The van der Waals surface area contributed by atoms with Crippen LogP contribution in [-0.4, -0.2) is 36.5 Å². The van der Waals surface area contributed by atoms with E-state index in [-0.39, 0.29) is 12.6 Å². The third-order valence-electron chi connectivity index (χ3n) is 4.09. The van der Waals surface area contributed by atoms with E-state index in [1.165, 1.54) is 19.2 Å². The van der Waals surface area contributed by atoms with Gasteiger partial charge in [0.2, 0.25) is 0 Å². The third kappa shape index (κ3) is 3.35. The Morgan fingerprint density at radius 3 is 2.84 bits per heavy atom. The number of aromatic nitrogens is 1. The number of ether oxygens (including phenoxy) is 3. The minimum absolute atomic E-state index is 0.134. The highest BCUT2D eigenvalue weighted by Gasteiger charge is 2.26. The van der Waals surface area contributed by atoms with Gasteiger partial charge in [0.15, 0.2) is 0 Å². The topological polar surface area (TPSA) is 66.8 Å². The summed E-state index contributed by atoms with van der Waals surface area (Å²) in [6.07, 6.45) is 4.66. The van der Waals surface area contributed by atoms with E-state index in [0.717, 1.165) is 0 Å². The molecule has 25 heavy (non-hydrogen) atoms. The average Bonchev–Trinajstić information content (AvgIpc) is 3.18. The third-order valence-corrected chi connectivity index (χ3v) is 4.09. The van der Waals surface area contributed by atoms with Crippen molar-refractivity contribution in [3.05, 3.63) is 47.9 Å². The van der Waals surface area contributed by atoms with E-state index in [4.69, 9.17) is 14.2 Å². The van der Waals surface area contributed by atoms with Crippen molar-refractivity contribution in [1.82, 2.24) is 4.57 Å². The largest absolute Gasteiger partial charge is 0.508 e. The fraction of sp³-hybridized carbons (Fsp3) is 0.333. The molecule has 0 spiro atoms. The number of methoxy groups -OCH3 is 1. The summed E-state index contributed by atoms with van der Waals surface area (Å²) in [6.45, 7) is 1.95. The molecular weight excluding hydrogens is 329 g/mol. The van der Waals surface area contributed by atoms with Crippen molar-refractivity contribution in [3.63, 3.8) is 0 Å². The van der Waals surface area contributed by atoms with Crippen LogP contribution < -0.4 is 0 Å². The molecule has 0 fully saturated rings. The zero-order valence-corrected chi connectivity index (χ0v) is 13.9. The number of allylic oxidation sites excluding steroid dienone is 1. The summed E-state index contributed by atoms with van der Waals surface area (Å²) in [6, 6.07) is 4.13. The van der Waals surface area contributed by atoms with Crippen LogP contribution in [0.2, 0.25) is 0 Å². The van der Waals surface area contributed by atoms with E-state index in [0.29, 0.717) is 22.9 Å². The molecule has 1 aromatic heterocycles. The van der Waals surface area contributed by atoms with E-state index in [1.54, 1.807) is 25.3 Å². The normalized spacial score (nSPS) is 19.2. The van der Waals surface area contributed by atoms with Crippen molar-refractivity contribution < 1.29 is 28.2 Å². The van der Waals surface area contributed by atoms with Gasteiger partial charge in [-0.05, 0) is 31.2 Å². The Kier molecular flexibility index (Phi) is 4.74. The van der Waals surface area contributed by atoms with Crippen LogP contribution in [0.1, 0.15) is 29.7 Å². The van der Waals surface area contributed by atoms with Gasteiger partial charge in [0.25, 0.3) is 0 Å². The highest BCUT2D eigenvalue weighted by Crippen LogP contribution is 2.32. The predicted octanol–water partition coefficient (Wildman–Crippen LogP) is 3.61. The molecule has 2 atom stereocenters. The zero-order valence-electron chi connectivity index (χ0n) is 13.9. The van der Waals surface area contributed by atoms with Gasteiger partial charge in [-0.2, -0.15) is 0 Å². The highest BCUT2D eigenvalue weighted by atomic mass is 19.1. The first-order valence-electron chi connectivity index (χ1n) is 7.93. The second-order valence-electron chi connectivity index (χ2n) is 5.63. The molecule has 0 saturated carbocycles. The molecule has 7 heteroatoms. The molecule has 0 N–H and O–H groups in total. The van der Waals surface area contributed by atoms with Gasteiger partial charge < -0.3 is 18.8 Å². The molecule has 0 unspecified atom stereocenters. The highest BCUT2D eigenvalue weighted by molar-refractivity contribution is 6.04. The van der Waals surface area contributed by atoms with Crippen LogP contribution in [0, 0.1) is 5.82 Å². The van der Waals surface area contributed by atoms with Crippen molar-refractivity contribution in [2.24, 2.45) is 0 Å². The van der Waals surface area contributed by atoms with Gasteiger partial charge >= 0.3 is 12.1 Å². The lowest BCUT2D eigenvalue weighted by atomic mass is 10.1. The molecule has 1 heterocycles. The number of carbonyl (C=O) groups is 2. The molecule has 0 radical (unpaired) electrons. The van der Waals surface area contributed by atoms with Crippen molar-refractivity contribution in [2.75, 3.05) is 13.7 Å². The second-order valence-corrected chi connectivity index (χ2v) is 5.63. The molecular formula is C18H18FNO5. The number of carbonyl (C=O) groups excluding carboxylic acids is 2. The van der Waals surface area contributed by atoms with Gasteiger partial charge in [-0.25, -0.2) is 14.0 Å². The summed E-state index contributed by atoms with van der Waals surface area (Å²) < 4.78 is 30.2. The van der Waals surface area contributed by atoms with Gasteiger partial charge in [-0.15, -0.1) is 0 Å². The van der Waals surface area contributed by atoms with Gasteiger partial charge in [0, 0.05) is 23.5 Å². The van der Waals surface area contributed by atoms with Crippen LogP contribution in [0.5, 0.6) is 0 Å². The quantitative estimate of drug-likeness (QED) is 0.624. The minimum atomic E-state index is -0.715. The van der Waals surface area contributed by atoms with Crippen LogP contribution in [0.15, 0.2) is 36.5 Å². The molecule has 2 aromatic rings. The first-order valence-corrected chi connectivity index (χ1v) is 7.93. The Labute approximate surface area is 143 Å². The summed E-state index contributed by atoms with van der Waals surface area (Å²) in [5.74, 6) is -0.962. The molecule has 0 bridgehead atoms. The number of fused-ring (bicyclic) bond motifs is 1. The monoisotopic (exact) mass is 347 g/mol. The first-order chi connectivity index (χ1) is 12.0. The number of halogens is 1. The maximum absolute atomic E-state index is 13.6. The Balaban J connectivity index is 1.88.